The topological polar surface area (TPSA) is 86.5 Å². The van der Waals surface area contributed by atoms with Crippen LogP contribution in [-0.2, 0) is 0 Å². The fourth-order valence-corrected chi connectivity index (χ4v) is 1.12. The van der Waals surface area contributed by atoms with Crippen LogP contribution in [0.1, 0.15) is 0 Å². The zero-order valence-corrected chi connectivity index (χ0v) is 8.38. The van der Waals surface area contributed by atoms with Gasteiger partial charge in [-0.2, -0.15) is 0 Å². The number of benzene rings is 1. The molecule has 1 aromatic carbocycles. The number of nitro groups is 1. The molecule has 0 atom stereocenters. The average molecular weight is 245 g/mol. The molecular weight excluding hydrogens is 238 g/mol. The lowest BCUT2D eigenvalue weighted by atomic mass is 10.3. The number of carbonyl (C=O) groups excluding carboxylic acids is 1. The maximum absolute atomic E-state index is 12.8. The van der Waals surface area contributed by atoms with Crippen molar-refractivity contribution in [1.29, 1.82) is 0 Å². The Bertz CT molecular complexity index is 424. The predicted molar refractivity (Wildman–Crippen MR) is 51.1 cm³/mol. The smallest absolute Gasteiger partial charge is 0.528 e. The highest BCUT2D eigenvalue weighted by Gasteiger charge is 2.46. The molecule has 1 rings (SSSR count). The third kappa shape index (κ3) is 3.10. The van der Waals surface area contributed by atoms with E-state index in [2.05, 4.69) is 0 Å². The van der Waals surface area contributed by atoms with Gasteiger partial charge in [0, 0.05) is 5.69 Å². The molecule has 0 fully saturated rings. The number of carboxylic acid groups (broad SMARTS) is 1. The number of halogens is 2. The summed E-state index contributed by atoms with van der Waals surface area (Å²) in [5, 5.41) is 20.7. The van der Waals surface area contributed by atoms with Gasteiger partial charge < -0.3 is 14.8 Å². The lowest BCUT2D eigenvalue weighted by Gasteiger charge is -2.25. The van der Waals surface area contributed by atoms with Gasteiger partial charge in [-0.05, 0) is 12.1 Å². The van der Waals surface area contributed by atoms with Crippen LogP contribution in [0.3, 0.4) is 0 Å². The van der Waals surface area contributed by atoms with E-state index in [0.717, 1.165) is 0 Å². The molecule has 0 aliphatic rings. The number of nitrogens with zero attached hydrogens (tertiary/aromatic N) is 2. The van der Waals surface area contributed by atoms with Gasteiger partial charge in [0.25, 0.3) is 0 Å². The van der Waals surface area contributed by atoms with Gasteiger partial charge in [0.05, 0.1) is 4.92 Å². The first-order valence-corrected chi connectivity index (χ1v) is 4.40. The van der Waals surface area contributed by atoms with E-state index in [1.807, 2.05) is 0 Å². The number of hydrogen-bond donors (Lipinski definition) is 0. The molecule has 0 aliphatic heterocycles. The molecule has 0 spiro atoms. The molecule has 0 saturated carbocycles. The van der Waals surface area contributed by atoms with E-state index in [1.165, 1.54) is 24.3 Å². The van der Waals surface area contributed by atoms with Crippen LogP contribution < -0.4 is 10.0 Å². The molecule has 0 unspecified atom stereocenters. The zero-order valence-electron chi connectivity index (χ0n) is 8.38. The Labute approximate surface area is 94.2 Å². The van der Waals surface area contributed by atoms with Gasteiger partial charge in [0.2, 0.25) is 0 Å². The Morgan fingerprint density at radius 2 is 1.88 bits per heavy atom. The number of para-hydroxylation sites is 1. The number of amides is 1. The Hall–Kier alpha value is -2.25. The van der Waals surface area contributed by atoms with E-state index >= 15 is 0 Å². The lowest BCUT2D eigenvalue weighted by molar-refractivity contribution is -0.639. The van der Waals surface area contributed by atoms with Crippen molar-refractivity contribution in [3.63, 3.8) is 0 Å². The van der Waals surface area contributed by atoms with Crippen molar-refractivity contribution in [3.05, 3.63) is 40.4 Å². The van der Waals surface area contributed by atoms with Crippen molar-refractivity contribution in [1.82, 2.24) is 0 Å². The molecule has 92 valence electrons. The fraction of sp³-hybridized carbons (Fsp3) is 0.222. The highest BCUT2D eigenvalue weighted by atomic mass is 19.3. The highest BCUT2D eigenvalue weighted by molar-refractivity contribution is 5.84. The van der Waals surface area contributed by atoms with Crippen LogP contribution in [0.5, 0.6) is 0 Å². The Kier molecular flexibility index (Phi) is 3.56. The Morgan fingerprint density at radius 1 is 1.35 bits per heavy atom. The van der Waals surface area contributed by atoms with Crippen molar-refractivity contribution in [2.24, 2.45) is 0 Å². The summed E-state index contributed by atoms with van der Waals surface area (Å²) in [5.74, 6) is 0. The van der Waals surface area contributed by atoms with Crippen LogP contribution in [0, 0.1) is 10.1 Å². The minimum absolute atomic E-state index is 0.114. The lowest BCUT2D eigenvalue weighted by Crippen LogP contribution is -2.49. The third-order valence-electron chi connectivity index (χ3n) is 1.90. The first-order chi connectivity index (χ1) is 7.84. The summed E-state index contributed by atoms with van der Waals surface area (Å²) in [6, 6.07) is 2.46. The summed E-state index contributed by atoms with van der Waals surface area (Å²) in [7, 11) is 0. The van der Waals surface area contributed by atoms with Crippen molar-refractivity contribution < 1.29 is 23.6 Å². The second-order valence-corrected chi connectivity index (χ2v) is 3.11. The predicted octanol–water partition coefficient (Wildman–Crippen LogP) is 0.706. The minimum atomic E-state index is -4.37. The average Bonchev–Trinajstić information content (AvgIpc) is 2.26. The summed E-state index contributed by atoms with van der Waals surface area (Å²) < 4.78 is 25.6. The van der Waals surface area contributed by atoms with Gasteiger partial charge in [0.15, 0.2) is 6.54 Å². The zero-order chi connectivity index (χ0) is 13.1. The maximum Gasteiger partial charge on any atom is 0.528 e. The van der Waals surface area contributed by atoms with Crippen LogP contribution in [0.4, 0.5) is 19.3 Å². The molecule has 8 heteroatoms. The largest absolute Gasteiger partial charge is 0.530 e. The molecular formula is C9H7F2N2O4-. The second-order valence-electron chi connectivity index (χ2n) is 3.11. The van der Waals surface area contributed by atoms with E-state index in [4.69, 9.17) is 0 Å². The highest BCUT2D eigenvalue weighted by Crippen LogP contribution is 2.20. The van der Waals surface area contributed by atoms with Crippen LogP contribution in [0.2, 0.25) is 0 Å². The second kappa shape index (κ2) is 4.73. The third-order valence-corrected chi connectivity index (χ3v) is 1.90. The van der Waals surface area contributed by atoms with Crippen LogP contribution in [-0.4, -0.2) is 23.6 Å². The number of rotatable bonds is 4. The molecule has 6 nitrogen and oxygen atoms in total. The molecule has 0 aliphatic carbocycles. The number of alkyl halides is 2. The van der Waals surface area contributed by atoms with Crippen LogP contribution >= 0.6 is 0 Å². The number of anilines is 1. The van der Waals surface area contributed by atoms with E-state index in [1.54, 1.807) is 6.07 Å². The Morgan fingerprint density at radius 3 is 2.29 bits per heavy atom. The summed E-state index contributed by atoms with van der Waals surface area (Å²) in [4.78, 5) is 19.0. The molecule has 0 saturated heterocycles. The molecule has 0 N–H and O–H groups in total. The standard InChI is InChI=1S/C9H8F2N2O4/c10-9(11,13(16)17)6-12(8(14)15)7-4-2-1-3-5-7/h1-5H,6H2,(H,14,15)/p-1. The van der Waals surface area contributed by atoms with Crippen molar-refractivity contribution >= 4 is 11.8 Å². The first-order valence-electron chi connectivity index (χ1n) is 4.40. The van der Waals surface area contributed by atoms with E-state index < -0.39 is 23.6 Å². The van der Waals surface area contributed by atoms with Crippen molar-refractivity contribution in [3.8, 4) is 0 Å². The monoisotopic (exact) mass is 245 g/mol. The van der Waals surface area contributed by atoms with Gasteiger partial charge in [-0.3, -0.25) is 10.1 Å². The summed E-state index contributed by atoms with van der Waals surface area (Å²) in [6.07, 6.45) is -1.93. The molecule has 0 aromatic heterocycles. The van der Waals surface area contributed by atoms with E-state index in [-0.39, 0.29) is 10.6 Å². The molecule has 1 amide bonds. The number of carbonyl (C=O) groups is 1. The molecule has 1 aromatic rings. The van der Waals surface area contributed by atoms with Gasteiger partial charge >= 0.3 is 6.05 Å². The quantitative estimate of drug-likeness (QED) is 0.444. The Balaban J connectivity index is 2.97. The normalized spacial score (nSPS) is 10.9. The van der Waals surface area contributed by atoms with E-state index in [9.17, 15) is 28.8 Å². The SMILES string of the molecule is O=C([O-])N(CC(F)(F)[N+](=O)[O-])c1ccccc1. The fourth-order valence-electron chi connectivity index (χ4n) is 1.12. The minimum Gasteiger partial charge on any atom is -0.530 e. The van der Waals surface area contributed by atoms with Crippen molar-refractivity contribution in [2.75, 3.05) is 11.4 Å². The summed E-state index contributed by atoms with van der Waals surface area (Å²) in [6.45, 7) is -1.59. The molecule has 0 bridgehead atoms. The van der Waals surface area contributed by atoms with Crippen LogP contribution in [0.15, 0.2) is 30.3 Å². The molecule has 0 radical (unpaired) electrons. The maximum atomic E-state index is 12.8. The molecule has 17 heavy (non-hydrogen) atoms. The first kappa shape index (κ1) is 12.8. The van der Waals surface area contributed by atoms with Gasteiger partial charge in [0.1, 0.15) is 6.09 Å². The molecule has 0 heterocycles. The van der Waals surface area contributed by atoms with Gasteiger partial charge in [-0.1, -0.05) is 18.2 Å². The summed E-state index contributed by atoms with van der Waals surface area (Å²) >= 11 is 0. The summed E-state index contributed by atoms with van der Waals surface area (Å²) in [5.41, 5.74) is -0.117. The van der Waals surface area contributed by atoms with Gasteiger partial charge in [-0.15, -0.1) is 8.78 Å². The van der Waals surface area contributed by atoms with Crippen molar-refractivity contribution in [2.45, 2.75) is 6.05 Å². The van der Waals surface area contributed by atoms with Crippen LogP contribution in [0.25, 0.3) is 0 Å². The number of hydrogen-bond acceptors (Lipinski definition) is 4. The van der Waals surface area contributed by atoms with E-state index in [0.29, 0.717) is 0 Å². The van der Waals surface area contributed by atoms with Gasteiger partial charge in [-0.25, -0.2) is 0 Å².